The van der Waals surface area contributed by atoms with Gasteiger partial charge in [-0.2, -0.15) is 0 Å². The molecule has 36 heavy (non-hydrogen) atoms. The Morgan fingerprint density at radius 2 is 1.86 bits per heavy atom. The molecule has 0 saturated heterocycles. The van der Waals surface area contributed by atoms with E-state index in [1.54, 1.807) is 10.8 Å². The van der Waals surface area contributed by atoms with Crippen LogP contribution in [0.25, 0.3) is 0 Å². The number of hydrogen-bond acceptors (Lipinski definition) is 4. The van der Waals surface area contributed by atoms with Crippen molar-refractivity contribution in [3.63, 3.8) is 0 Å². The summed E-state index contributed by atoms with van der Waals surface area (Å²) in [6.45, 7) is 6.26. The number of fused-ring (bicyclic) bond motifs is 1. The Hall–Kier alpha value is -3.25. The van der Waals surface area contributed by atoms with Crippen LogP contribution in [0.15, 0.2) is 59.5 Å². The first-order valence-electron chi connectivity index (χ1n) is 12.6. The summed E-state index contributed by atoms with van der Waals surface area (Å²) in [5, 5.41) is 3.82. The third-order valence-corrected chi connectivity index (χ3v) is 6.95. The molecule has 1 amide bonds. The molecule has 0 radical (unpaired) electrons. The number of aromatic nitrogens is 1. The van der Waals surface area contributed by atoms with Crippen molar-refractivity contribution in [2.45, 2.75) is 65.0 Å². The highest BCUT2D eigenvalue weighted by atomic mass is 35.5. The number of hydrogen-bond donors (Lipinski definition) is 1. The summed E-state index contributed by atoms with van der Waals surface area (Å²) in [4.78, 5) is 27.3. The molecule has 2 heterocycles. The van der Waals surface area contributed by atoms with Gasteiger partial charge in [0.2, 0.25) is 12.7 Å². The summed E-state index contributed by atoms with van der Waals surface area (Å²) >= 11 is 6.36. The molecule has 4 rings (SSSR count). The van der Waals surface area contributed by atoms with E-state index in [2.05, 4.69) is 12.2 Å². The molecule has 0 saturated carbocycles. The minimum atomic E-state index is -0.606. The summed E-state index contributed by atoms with van der Waals surface area (Å²) < 4.78 is 12.5. The van der Waals surface area contributed by atoms with Gasteiger partial charge in [-0.05, 0) is 60.7 Å². The van der Waals surface area contributed by atoms with Crippen LogP contribution in [-0.2, 0) is 11.2 Å². The van der Waals surface area contributed by atoms with Crippen LogP contribution in [0.5, 0.6) is 11.5 Å². The van der Waals surface area contributed by atoms with Gasteiger partial charge in [0, 0.05) is 23.2 Å². The number of ether oxygens (including phenoxy) is 2. The van der Waals surface area contributed by atoms with Crippen molar-refractivity contribution in [3.05, 3.63) is 92.4 Å². The lowest BCUT2D eigenvalue weighted by Gasteiger charge is -2.25. The van der Waals surface area contributed by atoms with Gasteiger partial charge in [-0.3, -0.25) is 9.59 Å². The second-order valence-electron chi connectivity index (χ2n) is 9.26. The van der Waals surface area contributed by atoms with E-state index in [0.717, 1.165) is 29.5 Å². The van der Waals surface area contributed by atoms with Crippen molar-refractivity contribution in [2.75, 3.05) is 6.79 Å². The van der Waals surface area contributed by atoms with Crippen molar-refractivity contribution < 1.29 is 14.3 Å². The second kappa shape index (κ2) is 11.7. The number of carbonyl (C=O) groups excluding carboxylic acids is 1. The van der Waals surface area contributed by atoms with Gasteiger partial charge in [0.15, 0.2) is 11.5 Å². The molecule has 6 nitrogen and oxygen atoms in total. The Labute approximate surface area is 217 Å². The number of nitrogens with one attached hydrogen (secondary N) is 1. The number of unbranched alkanes of at least 4 members (excludes halogenated alkanes) is 1. The molecule has 1 aliphatic rings. The average Bonchev–Trinajstić information content (AvgIpc) is 3.34. The fourth-order valence-electron chi connectivity index (χ4n) is 4.64. The van der Waals surface area contributed by atoms with E-state index in [4.69, 9.17) is 21.1 Å². The number of benzene rings is 2. The molecule has 190 valence electrons. The molecule has 7 heteroatoms. The Morgan fingerprint density at radius 3 is 2.61 bits per heavy atom. The van der Waals surface area contributed by atoms with Crippen molar-refractivity contribution in [2.24, 2.45) is 0 Å². The first kappa shape index (κ1) is 25.8. The summed E-state index contributed by atoms with van der Waals surface area (Å²) in [6.07, 6.45) is 5.24. The molecule has 0 aliphatic carbocycles. The molecule has 1 aromatic heterocycles. The average molecular weight is 509 g/mol. The molecule has 1 aliphatic heterocycles. The number of pyridine rings is 1. The van der Waals surface area contributed by atoms with Crippen LogP contribution in [0.2, 0.25) is 5.02 Å². The zero-order chi connectivity index (χ0) is 25.7. The molecular formula is C29H33ClN2O4. The van der Waals surface area contributed by atoms with Crippen LogP contribution in [0.1, 0.15) is 73.9 Å². The Balaban J connectivity index is 1.63. The van der Waals surface area contributed by atoms with Gasteiger partial charge in [0.05, 0.1) is 6.04 Å². The Morgan fingerprint density at radius 1 is 1.08 bits per heavy atom. The Bertz CT molecular complexity index is 1290. The molecule has 0 fully saturated rings. The van der Waals surface area contributed by atoms with Crippen LogP contribution in [0.4, 0.5) is 0 Å². The highest BCUT2D eigenvalue weighted by molar-refractivity contribution is 6.31. The van der Waals surface area contributed by atoms with E-state index < -0.39 is 6.04 Å². The van der Waals surface area contributed by atoms with Crippen molar-refractivity contribution >= 4 is 17.5 Å². The molecular weight excluding hydrogens is 476 g/mol. The van der Waals surface area contributed by atoms with Crippen LogP contribution in [0, 0.1) is 6.92 Å². The van der Waals surface area contributed by atoms with Gasteiger partial charge < -0.3 is 19.4 Å². The normalized spacial score (nSPS) is 13.9. The van der Waals surface area contributed by atoms with E-state index in [1.165, 1.54) is 0 Å². The minimum Gasteiger partial charge on any atom is -0.454 e. The SMILES string of the molecule is CCCCC(C(=O)N[C@@H](CC)c1ccc2c(c1)OCO2)n1cc(C)cc(Cc2ccccc2Cl)c1=O. The van der Waals surface area contributed by atoms with E-state index in [0.29, 0.717) is 41.3 Å². The molecule has 2 aromatic carbocycles. The number of nitrogens with zero attached hydrogens (tertiary/aromatic N) is 1. The number of rotatable bonds is 10. The van der Waals surface area contributed by atoms with Gasteiger partial charge in [-0.1, -0.05) is 62.6 Å². The minimum absolute atomic E-state index is 0.159. The number of aryl methyl sites for hydroxylation is 1. The largest absolute Gasteiger partial charge is 0.454 e. The lowest BCUT2D eigenvalue weighted by molar-refractivity contribution is -0.125. The van der Waals surface area contributed by atoms with Gasteiger partial charge in [-0.25, -0.2) is 0 Å². The molecule has 3 aromatic rings. The fraction of sp³-hybridized carbons (Fsp3) is 0.379. The maximum Gasteiger partial charge on any atom is 0.254 e. The highest BCUT2D eigenvalue weighted by Crippen LogP contribution is 2.35. The third kappa shape index (κ3) is 5.76. The van der Waals surface area contributed by atoms with Crippen LogP contribution < -0.4 is 20.3 Å². The second-order valence-corrected chi connectivity index (χ2v) is 9.67. The van der Waals surface area contributed by atoms with E-state index >= 15 is 0 Å². The van der Waals surface area contributed by atoms with Crippen LogP contribution in [0.3, 0.4) is 0 Å². The third-order valence-electron chi connectivity index (χ3n) is 6.59. The highest BCUT2D eigenvalue weighted by Gasteiger charge is 2.26. The van der Waals surface area contributed by atoms with Crippen molar-refractivity contribution in [3.8, 4) is 11.5 Å². The zero-order valence-electron chi connectivity index (χ0n) is 21.1. The monoisotopic (exact) mass is 508 g/mol. The maximum absolute atomic E-state index is 13.7. The molecule has 1 unspecified atom stereocenters. The first-order chi connectivity index (χ1) is 17.4. The Kier molecular flexibility index (Phi) is 8.36. The van der Waals surface area contributed by atoms with Crippen LogP contribution in [-0.4, -0.2) is 17.3 Å². The zero-order valence-corrected chi connectivity index (χ0v) is 21.8. The van der Waals surface area contributed by atoms with Gasteiger partial charge in [-0.15, -0.1) is 0 Å². The first-order valence-corrected chi connectivity index (χ1v) is 12.9. The number of carbonyl (C=O) groups is 1. The fourth-order valence-corrected chi connectivity index (χ4v) is 4.84. The predicted molar refractivity (Wildman–Crippen MR) is 142 cm³/mol. The molecule has 0 spiro atoms. The molecule has 2 atom stereocenters. The van der Waals surface area contributed by atoms with E-state index in [-0.39, 0.29) is 24.3 Å². The van der Waals surface area contributed by atoms with E-state index in [1.807, 2.05) is 62.4 Å². The van der Waals surface area contributed by atoms with Crippen LogP contribution >= 0.6 is 11.6 Å². The van der Waals surface area contributed by atoms with Gasteiger partial charge in [0.25, 0.3) is 5.56 Å². The maximum atomic E-state index is 13.7. The summed E-state index contributed by atoms with van der Waals surface area (Å²) in [7, 11) is 0. The van der Waals surface area contributed by atoms with Gasteiger partial charge >= 0.3 is 0 Å². The van der Waals surface area contributed by atoms with Gasteiger partial charge in [0.1, 0.15) is 6.04 Å². The van der Waals surface area contributed by atoms with Crippen molar-refractivity contribution in [1.82, 2.24) is 9.88 Å². The molecule has 1 N–H and O–H groups in total. The smallest absolute Gasteiger partial charge is 0.254 e. The number of halogens is 1. The summed E-state index contributed by atoms with van der Waals surface area (Å²) in [5.41, 5.74) is 3.22. The molecule has 0 bridgehead atoms. The quantitative estimate of drug-likeness (QED) is 0.357. The standard InChI is InChI=1S/C29H33ClN2O4/c1-4-6-11-25(28(33)31-24(5-2)21-12-13-26-27(16-21)36-18-35-26)32-17-19(3)14-22(29(32)34)15-20-9-7-8-10-23(20)30/h7-10,12-14,16-17,24-25H,4-6,11,15,18H2,1-3H3,(H,31,33)/t24-,25?/m0/s1. The lowest BCUT2D eigenvalue weighted by atomic mass is 10.0. The van der Waals surface area contributed by atoms with E-state index in [9.17, 15) is 9.59 Å². The lowest BCUT2D eigenvalue weighted by Crippen LogP contribution is -2.39. The predicted octanol–water partition coefficient (Wildman–Crippen LogP) is 6.13. The summed E-state index contributed by atoms with van der Waals surface area (Å²) in [6, 6.07) is 14.3. The number of amides is 1. The summed E-state index contributed by atoms with van der Waals surface area (Å²) in [5.74, 6) is 1.23. The topological polar surface area (TPSA) is 69.6 Å². The van der Waals surface area contributed by atoms with Crippen molar-refractivity contribution in [1.29, 1.82) is 0 Å².